The van der Waals surface area contributed by atoms with Crippen LogP contribution in [0.25, 0.3) is 0 Å². The van der Waals surface area contributed by atoms with Crippen molar-refractivity contribution >= 4 is 6.47 Å². The maximum Gasteiger partial charge on any atom is 0.290 e. The molecule has 0 aliphatic carbocycles. The lowest BCUT2D eigenvalue weighted by molar-refractivity contribution is -0.122. The largest absolute Gasteiger partial charge is 0.483 e. The van der Waals surface area contributed by atoms with Crippen LogP contribution < -0.4 is 5.32 Å². The number of carboxylic acid groups (broad SMARTS) is 1. The second-order valence-corrected chi connectivity index (χ2v) is 2.08. The van der Waals surface area contributed by atoms with Gasteiger partial charge in [-0.2, -0.15) is 0 Å². The Morgan fingerprint density at radius 1 is 1.75 bits per heavy atom. The highest BCUT2D eigenvalue weighted by molar-refractivity contribution is 5.32. The van der Waals surface area contributed by atoms with Crippen LogP contribution in [-0.2, 0) is 11.3 Å². The molecular weight excluding hydrogens is 156 g/mol. The average Bonchev–Trinajstić information content (AvgIpc) is 2.54. The summed E-state index contributed by atoms with van der Waals surface area (Å²) >= 11 is 0. The van der Waals surface area contributed by atoms with Crippen molar-refractivity contribution in [2.45, 2.75) is 13.5 Å². The van der Waals surface area contributed by atoms with Gasteiger partial charge in [-0.3, -0.25) is 4.79 Å². The molecular formula is C8H14N2O2. The van der Waals surface area contributed by atoms with Crippen LogP contribution in [0.3, 0.4) is 0 Å². The molecule has 4 heteroatoms. The molecule has 0 aliphatic rings. The smallest absolute Gasteiger partial charge is 0.290 e. The Bertz CT molecular complexity index is 185. The minimum atomic E-state index is -0.250. The molecule has 0 spiro atoms. The highest BCUT2D eigenvalue weighted by Gasteiger charge is 1.86. The van der Waals surface area contributed by atoms with E-state index in [4.69, 9.17) is 9.90 Å². The van der Waals surface area contributed by atoms with E-state index in [9.17, 15) is 0 Å². The van der Waals surface area contributed by atoms with Crippen LogP contribution >= 0.6 is 0 Å². The Morgan fingerprint density at radius 2 is 2.42 bits per heavy atom. The van der Waals surface area contributed by atoms with Gasteiger partial charge in [-0.15, -0.1) is 0 Å². The first-order valence-corrected chi connectivity index (χ1v) is 3.76. The molecule has 0 radical (unpaired) electrons. The van der Waals surface area contributed by atoms with Crippen LogP contribution in [0.2, 0.25) is 0 Å². The number of nitrogens with one attached hydrogen (secondary N) is 2. The van der Waals surface area contributed by atoms with Crippen molar-refractivity contribution in [3.63, 3.8) is 0 Å². The summed E-state index contributed by atoms with van der Waals surface area (Å²) in [6.07, 6.45) is 1.94. The van der Waals surface area contributed by atoms with Crippen LogP contribution in [0.15, 0.2) is 18.3 Å². The van der Waals surface area contributed by atoms with Crippen molar-refractivity contribution in [2.24, 2.45) is 0 Å². The molecule has 0 unspecified atom stereocenters. The molecule has 0 saturated carbocycles. The molecule has 1 aromatic heterocycles. The van der Waals surface area contributed by atoms with Gasteiger partial charge < -0.3 is 15.4 Å². The zero-order valence-corrected chi connectivity index (χ0v) is 7.08. The molecule has 0 aliphatic heterocycles. The molecule has 12 heavy (non-hydrogen) atoms. The molecule has 0 fully saturated rings. The summed E-state index contributed by atoms with van der Waals surface area (Å²) in [5.74, 6) is 0. The Hall–Kier alpha value is -1.29. The van der Waals surface area contributed by atoms with Crippen molar-refractivity contribution in [1.29, 1.82) is 0 Å². The van der Waals surface area contributed by atoms with E-state index in [0.717, 1.165) is 13.1 Å². The number of rotatable bonds is 3. The quantitative estimate of drug-likeness (QED) is 0.588. The Kier molecular flexibility index (Phi) is 6.97. The van der Waals surface area contributed by atoms with Crippen LogP contribution in [0.5, 0.6) is 0 Å². The standard InChI is InChI=1S/C7H12N2.CH2O2/c1-2-8-6-7-4-3-5-9-7;2-1-3/h3-5,8-9H,2,6H2,1H3;1H,(H,2,3). The topological polar surface area (TPSA) is 65.1 Å². The average molecular weight is 170 g/mol. The number of hydrogen-bond acceptors (Lipinski definition) is 2. The van der Waals surface area contributed by atoms with E-state index < -0.39 is 0 Å². The van der Waals surface area contributed by atoms with E-state index >= 15 is 0 Å². The molecule has 0 amide bonds. The number of aromatic amines is 1. The Labute approximate surface area is 71.6 Å². The van der Waals surface area contributed by atoms with Gasteiger partial charge in [0.25, 0.3) is 6.47 Å². The highest BCUT2D eigenvalue weighted by Crippen LogP contribution is 1.91. The SMILES string of the molecule is CCNCc1ccc[nH]1.O=CO. The van der Waals surface area contributed by atoms with E-state index in [-0.39, 0.29) is 6.47 Å². The highest BCUT2D eigenvalue weighted by atomic mass is 16.3. The van der Waals surface area contributed by atoms with Crippen molar-refractivity contribution in [3.8, 4) is 0 Å². The number of carbonyl (C=O) groups is 1. The fourth-order valence-corrected chi connectivity index (χ4v) is 0.737. The van der Waals surface area contributed by atoms with Crippen molar-refractivity contribution in [1.82, 2.24) is 10.3 Å². The van der Waals surface area contributed by atoms with Crippen molar-refractivity contribution in [2.75, 3.05) is 6.54 Å². The molecule has 68 valence electrons. The third-order valence-electron chi connectivity index (χ3n) is 1.23. The number of H-pyrrole nitrogens is 1. The van der Waals surface area contributed by atoms with Gasteiger partial charge in [0, 0.05) is 18.4 Å². The molecule has 0 aromatic carbocycles. The summed E-state index contributed by atoms with van der Waals surface area (Å²) in [5.41, 5.74) is 1.25. The summed E-state index contributed by atoms with van der Waals surface area (Å²) in [6, 6.07) is 4.08. The van der Waals surface area contributed by atoms with Gasteiger partial charge >= 0.3 is 0 Å². The predicted molar refractivity (Wildman–Crippen MR) is 46.9 cm³/mol. The van der Waals surface area contributed by atoms with Gasteiger partial charge in [-0.25, -0.2) is 0 Å². The van der Waals surface area contributed by atoms with Gasteiger partial charge in [0.05, 0.1) is 0 Å². The van der Waals surface area contributed by atoms with E-state index in [1.807, 2.05) is 12.3 Å². The summed E-state index contributed by atoms with van der Waals surface area (Å²) in [4.78, 5) is 11.5. The molecule has 4 nitrogen and oxygen atoms in total. The first kappa shape index (κ1) is 10.7. The van der Waals surface area contributed by atoms with Crippen LogP contribution in [0.1, 0.15) is 12.6 Å². The van der Waals surface area contributed by atoms with Gasteiger partial charge in [0.2, 0.25) is 0 Å². The second kappa shape index (κ2) is 7.81. The number of aromatic nitrogens is 1. The molecule has 1 rings (SSSR count). The van der Waals surface area contributed by atoms with Crippen molar-refractivity contribution < 1.29 is 9.90 Å². The summed E-state index contributed by atoms with van der Waals surface area (Å²) in [5, 5.41) is 10.1. The molecule has 1 aromatic rings. The molecule has 0 bridgehead atoms. The van der Waals surface area contributed by atoms with E-state index in [0.29, 0.717) is 0 Å². The minimum absolute atomic E-state index is 0.250. The molecule has 1 heterocycles. The Morgan fingerprint density at radius 3 is 2.83 bits per heavy atom. The van der Waals surface area contributed by atoms with Crippen LogP contribution in [-0.4, -0.2) is 23.1 Å². The lowest BCUT2D eigenvalue weighted by Crippen LogP contribution is -2.11. The lowest BCUT2D eigenvalue weighted by atomic mass is 10.4. The van der Waals surface area contributed by atoms with Crippen LogP contribution in [0.4, 0.5) is 0 Å². The summed E-state index contributed by atoms with van der Waals surface area (Å²) < 4.78 is 0. The minimum Gasteiger partial charge on any atom is -0.483 e. The van der Waals surface area contributed by atoms with Gasteiger partial charge in [-0.1, -0.05) is 6.92 Å². The first-order valence-electron chi connectivity index (χ1n) is 3.76. The van der Waals surface area contributed by atoms with Gasteiger partial charge in [0.15, 0.2) is 0 Å². The van der Waals surface area contributed by atoms with E-state index in [1.165, 1.54) is 5.69 Å². The third kappa shape index (κ3) is 5.49. The van der Waals surface area contributed by atoms with E-state index in [2.05, 4.69) is 23.3 Å². The monoisotopic (exact) mass is 170 g/mol. The molecule has 0 saturated heterocycles. The summed E-state index contributed by atoms with van der Waals surface area (Å²) in [7, 11) is 0. The fourth-order valence-electron chi connectivity index (χ4n) is 0.737. The zero-order chi connectivity index (χ0) is 9.23. The normalized spacial score (nSPS) is 8.42. The van der Waals surface area contributed by atoms with Crippen molar-refractivity contribution in [3.05, 3.63) is 24.0 Å². The zero-order valence-electron chi connectivity index (χ0n) is 7.08. The van der Waals surface area contributed by atoms with Gasteiger partial charge in [0.1, 0.15) is 0 Å². The third-order valence-corrected chi connectivity index (χ3v) is 1.23. The molecule has 3 N–H and O–H groups in total. The van der Waals surface area contributed by atoms with Crippen LogP contribution in [0, 0.1) is 0 Å². The maximum absolute atomic E-state index is 8.36. The fraction of sp³-hybridized carbons (Fsp3) is 0.375. The second-order valence-electron chi connectivity index (χ2n) is 2.08. The first-order chi connectivity index (χ1) is 5.85. The maximum atomic E-state index is 8.36. The van der Waals surface area contributed by atoms with E-state index in [1.54, 1.807) is 0 Å². The Balaban J connectivity index is 0.000000354. The lowest BCUT2D eigenvalue weighted by Gasteiger charge is -1.95. The molecule has 0 atom stereocenters. The van der Waals surface area contributed by atoms with Gasteiger partial charge in [-0.05, 0) is 18.7 Å². The summed E-state index contributed by atoms with van der Waals surface area (Å²) in [6.45, 7) is 3.82. The predicted octanol–water partition coefficient (Wildman–Crippen LogP) is 0.825. The number of hydrogen-bond donors (Lipinski definition) is 3.